The van der Waals surface area contributed by atoms with Crippen molar-refractivity contribution < 1.29 is 21.8 Å². The molecule has 1 heterocycles. The molecule has 0 N–H and O–H groups in total. The van der Waals surface area contributed by atoms with E-state index in [2.05, 4.69) is 0 Å². The Hall–Kier alpha value is -1.36. The Morgan fingerprint density at radius 1 is 1.53 bits per heavy atom. The van der Waals surface area contributed by atoms with Crippen molar-refractivity contribution in [2.24, 2.45) is 5.41 Å². The van der Waals surface area contributed by atoms with Gasteiger partial charge in [-0.1, -0.05) is 0 Å². The van der Waals surface area contributed by atoms with Crippen molar-refractivity contribution in [3.05, 3.63) is 0 Å². The molecule has 8 heteroatoms. The Labute approximate surface area is 112 Å². The molecule has 19 heavy (non-hydrogen) atoms. The molecule has 0 aliphatic carbocycles. The number of hydrogen-bond donors (Lipinski definition) is 0. The van der Waals surface area contributed by atoms with Crippen LogP contribution >= 0.6 is 0 Å². The number of rotatable bonds is 2. The zero-order valence-corrected chi connectivity index (χ0v) is 12.0. The smallest absolute Gasteiger partial charge is 0.410 e. The lowest BCUT2D eigenvalue weighted by molar-refractivity contribution is 0.0283. The van der Waals surface area contributed by atoms with E-state index in [1.54, 1.807) is 20.8 Å². The molecular weight excluding hydrogens is 275 g/mol. The first-order valence-electron chi connectivity index (χ1n) is 5.78. The van der Waals surface area contributed by atoms with Gasteiger partial charge in [0.2, 0.25) is 0 Å². The monoisotopic (exact) mass is 292 g/mol. The third kappa shape index (κ3) is 4.67. The summed E-state index contributed by atoms with van der Waals surface area (Å²) in [4.78, 5) is 13.0. The lowest BCUT2D eigenvalue weighted by Gasteiger charge is -2.25. The van der Waals surface area contributed by atoms with Crippen LogP contribution in [0.5, 0.6) is 0 Å². The van der Waals surface area contributed by atoms with Crippen LogP contribution in [-0.2, 0) is 15.0 Å². The van der Waals surface area contributed by atoms with E-state index in [0.717, 1.165) is 0 Å². The summed E-state index contributed by atoms with van der Waals surface area (Å²) >= 11 is 0. The zero-order chi connectivity index (χ0) is 14.9. The molecule has 6 nitrogen and oxygen atoms in total. The van der Waals surface area contributed by atoms with E-state index in [-0.39, 0.29) is 19.5 Å². The normalized spacial score (nSPS) is 24.1. The predicted octanol–water partition coefficient (Wildman–Crippen LogP) is 1.44. The second-order valence-corrected chi connectivity index (χ2v) is 7.09. The number of carbonyl (C=O) groups excluding carboxylic acids is 1. The highest BCUT2D eigenvalue weighted by molar-refractivity contribution is 7.86. The summed E-state index contributed by atoms with van der Waals surface area (Å²) in [5.41, 5.74) is -2.06. The van der Waals surface area contributed by atoms with Crippen LogP contribution < -0.4 is 0 Å². The first-order chi connectivity index (χ1) is 8.46. The molecule has 0 saturated carbocycles. The molecule has 0 spiro atoms. The second kappa shape index (κ2) is 4.96. The maximum atomic E-state index is 12.8. The van der Waals surface area contributed by atoms with Gasteiger partial charge in [0, 0.05) is 13.1 Å². The van der Waals surface area contributed by atoms with Crippen molar-refractivity contribution in [1.29, 1.82) is 5.26 Å². The number of ether oxygens (including phenoxy) is 1. The van der Waals surface area contributed by atoms with Crippen LogP contribution in [0, 0.1) is 16.7 Å². The largest absolute Gasteiger partial charge is 0.444 e. The molecule has 1 unspecified atom stereocenters. The third-order valence-electron chi connectivity index (χ3n) is 2.69. The summed E-state index contributed by atoms with van der Waals surface area (Å²) in [5.74, 6) is -0.893. The van der Waals surface area contributed by atoms with Crippen molar-refractivity contribution in [3.63, 3.8) is 0 Å². The van der Waals surface area contributed by atoms with Gasteiger partial charge in [0.15, 0.2) is 0 Å². The number of nitriles is 1. The fourth-order valence-corrected chi connectivity index (χ4v) is 2.89. The van der Waals surface area contributed by atoms with Gasteiger partial charge in [-0.2, -0.15) is 13.7 Å². The molecule has 1 amide bonds. The van der Waals surface area contributed by atoms with Gasteiger partial charge >= 0.3 is 16.3 Å². The number of halogens is 1. The van der Waals surface area contributed by atoms with Crippen LogP contribution in [0.25, 0.3) is 0 Å². The summed E-state index contributed by atoms with van der Waals surface area (Å²) in [7, 11) is -4.76. The minimum atomic E-state index is -4.76. The molecule has 0 bridgehead atoms. The number of amides is 1. The van der Waals surface area contributed by atoms with Gasteiger partial charge in [-0.25, -0.2) is 4.79 Å². The fourth-order valence-electron chi connectivity index (χ4n) is 1.93. The second-order valence-electron chi connectivity index (χ2n) is 5.73. The molecule has 0 aromatic carbocycles. The molecule has 1 fully saturated rings. The van der Waals surface area contributed by atoms with Crippen LogP contribution in [0.4, 0.5) is 8.68 Å². The van der Waals surface area contributed by atoms with E-state index in [0.29, 0.717) is 0 Å². The van der Waals surface area contributed by atoms with Crippen molar-refractivity contribution in [2.45, 2.75) is 32.8 Å². The van der Waals surface area contributed by atoms with E-state index in [9.17, 15) is 17.1 Å². The highest BCUT2D eigenvalue weighted by Crippen LogP contribution is 2.32. The summed E-state index contributed by atoms with van der Waals surface area (Å²) < 4.78 is 39.3. The van der Waals surface area contributed by atoms with Gasteiger partial charge in [-0.3, -0.25) is 0 Å². The third-order valence-corrected chi connectivity index (χ3v) is 3.59. The lowest BCUT2D eigenvalue weighted by atomic mass is 9.92. The minimum absolute atomic E-state index is 0.117. The van der Waals surface area contributed by atoms with Gasteiger partial charge < -0.3 is 9.64 Å². The maximum Gasteiger partial charge on any atom is 0.410 e. The number of likely N-dealkylation sites (tertiary alicyclic amines) is 1. The van der Waals surface area contributed by atoms with E-state index in [1.165, 1.54) is 4.90 Å². The fraction of sp³-hybridized carbons (Fsp3) is 0.818. The van der Waals surface area contributed by atoms with Crippen LogP contribution in [0.3, 0.4) is 0 Å². The molecular formula is C11H17FN2O4S. The number of carbonyl (C=O) groups is 1. The molecule has 1 atom stereocenters. The Kier molecular flexibility index (Phi) is 4.10. The van der Waals surface area contributed by atoms with Crippen LogP contribution in [0.15, 0.2) is 0 Å². The summed E-state index contributed by atoms with van der Waals surface area (Å²) in [6.07, 6.45) is -0.507. The highest BCUT2D eigenvalue weighted by Gasteiger charge is 2.44. The molecule has 0 aromatic heterocycles. The zero-order valence-electron chi connectivity index (χ0n) is 11.1. The van der Waals surface area contributed by atoms with E-state index in [4.69, 9.17) is 10.00 Å². The van der Waals surface area contributed by atoms with Crippen molar-refractivity contribution in [3.8, 4) is 6.07 Å². The van der Waals surface area contributed by atoms with Gasteiger partial charge in [0.1, 0.15) is 11.4 Å². The molecule has 1 saturated heterocycles. The average molecular weight is 292 g/mol. The van der Waals surface area contributed by atoms with Gasteiger partial charge in [0.05, 0.1) is 11.5 Å². The Bertz CT molecular complexity index is 506. The SMILES string of the molecule is CC(C)(C)OC(=O)N1CCC(C#N)(CS(=O)(=O)F)C1. The Morgan fingerprint density at radius 2 is 2.11 bits per heavy atom. The Morgan fingerprint density at radius 3 is 2.53 bits per heavy atom. The van der Waals surface area contributed by atoms with Crippen LogP contribution in [0.2, 0.25) is 0 Å². The van der Waals surface area contributed by atoms with E-state index < -0.39 is 33.1 Å². The molecule has 0 aromatic rings. The van der Waals surface area contributed by atoms with Crippen LogP contribution in [0.1, 0.15) is 27.2 Å². The molecule has 1 aliphatic rings. The number of hydrogen-bond acceptors (Lipinski definition) is 5. The maximum absolute atomic E-state index is 12.8. The lowest BCUT2D eigenvalue weighted by Crippen LogP contribution is -2.38. The molecule has 108 valence electrons. The number of nitrogens with zero attached hydrogens (tertiary/aromatic N) is 2. The Balaban J connectivity index is 2.76. The quantitative estimate of drug-likeness (QED) is 0.719. The molecule has 0 radical (unpaired) electrons. The van der Waals surface area contributed by atoms with Crippen molar-refractivity contribution in [2.75, 3.05) is 18.8 Å². The molecule has 1 rings (SSSR count). The first kappa shape index (κ1) is 15.7. The average Bonchev–Trinajstić information content (AvgIpc) is 2.57. The predicted molar refractivity (Wildman–Crippen MR) is 65.4 cm³/mol. The van der Waals surface area contributed by atoms with Gasteiger partial charge in [0.25, 0.3) is 0 Å². The van der Waals surface area contributed by atoms with E-state index in [1.807, 2.05) is 6.07 Å². The van der Waals surface area contributed by atoms with Gasteiger partial charge in [-0.05, 0) is 27.2 Å². The van der Waals surface area contributed by atoms with Gasteiger partial charge in [-0.15, -0.1) is 3.89 Å². The molecule has 1 aliphatic heterocycles. The minimum Gasteiger partial charge on any atom is -0.444 e. The van der Waals surface area contributed by atoms with E-state index >= 15 is 0 Å². The first-order valence-corrected chi connectivity index (χ1v) is 7.33. The standard InChI is InChI=1S/C11H17FN2O4S/c1-10(2,3)18-9(15)14-5-4-11(6-13,7-14)8-19(12,16)17/h4-5,7-8H2,1-3H3. The summed E-state index contributed by atoms with van der Waals surface area (Å²) in [6.45, 7) is 5.14. The highest BCUT2D eigenvalue weighted by atomic mass is 32.3. The van der Waals surface area contributed by atoms with Crippen molar-refractivity contribution >= 4 is 16.3 Å². The summed E-state index contributed by atoms with van der Waals surface area (Å²) in [6, 6.07) is 1.81. The van der Waals surface area contributed by atoms with Crippen molar-refractivity contribution in [1.82, 2.24) is 4.90 Å². The topological polar surface area (TPSA) is 87.5 Å². The van der Waals surface area contributed by atoms with Crippen LogP contribution in [-0.4, -0.2) is 43.9 Å². The summed E-state index contributed by atoms with van der Waals surface area (Å²) in [5, 5.41) is 9.05.